The van der Waals surface area contributed by atoms with Gasteiger partial charge in [-0.25, -0.2) is 4.98 Å². The maximum atomic E-state index is 12.9. The molecular weight excluding hydrogens is 362 g/mol. The van der Waals surface area contributed by atoms with Crippen LogP contribution in [0.25, 0.3) is 0 Å². The average molecular weight is 387 g/mol. The molecule has 148 valence electrons. The lowest BCUT2D eigenvalue weighted by Gasteiger charge is -2.35. The number of carbonyl (C=O) groups excluding carboxylic acids is 1. The van der Waals surface area contributed by atoms with Gasteiger partial charge in [-0.15, -0.1) is 0 Å². The molecule has 6 heteroatoms. The molecule has 1 amide bonds. The number of amides is 1. The van der Waals surface area contributed by atoms with Gasteiger partial charge in [-0.2, -0.15) is 0 Å². The minimum atomic E-state index is 0.0323. The van der Waals surface area contributed by atoms with Gasteiger partial charge >= 0.3 is 0 Å². The molecule has 6 nitrogen and oxygen atoms in total. The maximum Gasteiger partial charge on any atom is 0.255 e. The van der Waals surface area contributed by atoms with E-state index in [0.717, 1.165) is 37.6 Å². The number of anilines is 2. The van der Waals surface area contributed by atoms with Gasteiger partial charge in [0.1, 0.15) is 5.82 Å². The van der Waals surface area contributed by atoms with Crippen LogP contribution in [-0.4, -0.2) is 53.5 Å². The average Bonchev–Trinajstić information content (AvgIpc) is 2.80. The van der Waals surface area contributed by atoms with E-state index in [1.807, 2.05) is 47.4 Å². The highest BCUT2D eigenvalue weighted by molar-refractivity contribution is 5.94. The predicted molar refractivity (Wildman–Crippen MR) is 115 cm³/mol. The van der Waals surface area contributed by atoms with E-state index in [-0.39, 0.29) is 5.91 Å². The minimum Gasteiger partial charge on any atom is -0.383 e. The Morgan fingerprint density at radius 3 is 2.52 bits per heavy atom. The highest BCUT2D eigenvalue weighted by atomic mass is 16.2. The van der Waals surface area contributed by atoms with Crippen molar-refractivity contribution >= 4 is 17.4 Å². The topological polar surface area (TPSA) is 61.4 Å². The molecule has 4 rings (SSSR count). The van der Waals surface area contributed by atoms with Crippen LogP contribution in [0.2, 0.25) is 0 Å². The lowest BCUT2D eigenvalue weighted by Crippen LogP contribution is -2.49. The van der Waals surface area contributed by atoms with Gasteiger partial charge in [-0.1, -0.05) is 36.4 Å². The van der Waals surface area contributed by atoms with E-state index in [4.69, 9.17) is 0 Å². The Morgan fingerprint density at radius 2 is 1.76 bits per heavy atom. The number of nitrogens with zero attached hydrogens (tertiary/aromatic N) is 4. The van der Waals surface area contributed by atoms with E-state index >= 15 is 0 Å². The van der Waals surface area contributed by atoms with Gasteiger partial charge in [0.2, 0.25) is 0 Å². The summed E-state index contributed by atoms with van der Waals surface area (Å²) in [7, 11) is 0. The molecule has 0 bridgehead atoms. The number of aromatic nitrogens is 2. The van der Waals surface area contributed by atoms with Crippen LogP contribution in [0.15, 0.2) is 73.2 Å². The van der Waals surface area contributed by atoms with Crippen LogP contribution >= 0.6 is 0 Å². The van der Waals surface area contributed by atoms with Crippen molar-refractivity contribution in [3.05, 3.63) is 84.3 Å². The molecule has 0 unspecified atom stereocenters. The molecule has 0 aliphatic carbocycles. The van der Waals surface area contributed by atoms with Gasteiger partial charge in [-0.05, 0) is 30.2 Å². The number of rotatable bonds is 6. The number of carbonyl (C=O) groups is 1. The van der Waals surface area contributed by atoms with Gasteiger partial charge in [-0.3, -0.25) is 9.78 Å². The predicted octanol–water partition coefficient (Wildman–Crippen LogP) is 3.09. The third kappa shape index (κ3) is 4.90. The van der Waals surface area contributed by atoms with Crippen molar-refractivity contribution in [1.82, 2.24) is 14.9 Å². The standard InChI is InChI=1S/C23H25N5O/c29-23(28-14-12-27(13-15-28)22-8-4-5-10-26-22)20-16-21(18-24-17-20)25-11-9-19-6-2-1-3-7-19/h1-8,10,16-18,25H,9,11-15H2. The third-order valence-corrected chi connectivity index (χ3v) is 5.11. The summed E-state index contributed by atoms with van der Waals surface area (Å²) in [6.07, 6.45) is 6.14. The lowest BCUT2D eigenvalue weighted by atomic mass is 10.1. The van der Waals surface area contributed by atoms with Crippen LogP contribution in [0, 0.1) is 0 Å². The molecule has 1 aliphatic rings. The molecule has 0 radical (unpaired) electrons. The van der Waals surface area contributed by atoms with Gasteiger partial charge in [0.05, 0.1) is 11.3 Å². The summed E-state index contributed by atoms with van der Waals surface area (Å²) >= 11 is 0. The highest BCUT2D eigenvalue weighted by Crippen LogP contribution is 2.16. The van der Waals surface area contributed by atoms with Crippen LogP contribution < -0.4 is 10.2 Å². The SMILES string of the molecule is O=C(c1cncc(NCCc2ccccc2)c1)N1CCN(c2ccccn2)CC1. The van der Waals surface area contributed by atoms with Crippen LogP contribution in [0.4, 0.5) is 11.5 Å². The maximum absolute atomic E-state index is 12.9. The zero-order valence-corrected chi connectivity index (χ0v) is 16.4. The molecule has 3 heterocycles. The monoisotopic (exact) mass is 387 g/mol. The van der Waals surface area contributed by atoms with Crippen molar-refractivity contribution in [2.75, 3.05) is 42.9 Å². The molecule has 0 spiro atoms. The summed E-state index contributed by atoms with van der Waals surface area (Å²) in [6.45, 7) is 3.73. The molecule has 1 aliphatic heterocycles. The van der Waals surface area contributed by atoms with E-state index in [0.29, 0.717) is 18.7 Å². The first-order chi connectivity index (χ1) is 14.3. The number of pyridine rings is 2. The first kappa shape index (κ1) is 18.9. The molecule has 29 heavy (non-hydrogen) atoms. The Bertz CT molecular complexity index is 924. The number of hydrogen-bond acceptors (Lipinski definition) is 5. The number of hydrogen-bond donors (Lipinski definition) is 1. The summed E-state index contributed by atoms with van der Waals surface area (Å²) in [5.74, 6) is 0.996. The number of benzene rings is 1. The van der Waals surface area contributed by atoms with Crippen molar-refractivity contribution in [2.45, 2.75) is 6.42 Å². The second-order valence-corrected chi connectivity index (χ2v) is 7.09. The molecular formula is C23H25N5O. The molecule has 2 aromatic heterocycles. The normalized spacial score (nSPS) is 13.9. The van der Waals surface area contributed by atoms with Gasteiger partial charge in [0.15, 0.2) is 0 Å². The van der Waals surface area contributed by atoms with Crippen LogP contribution in [0.1, 0.15) is 15.9 Å². The van der Waals surface area contributed by atoms with E-state index in [9.17, 15) is 4.79 Å². The molecule has 1 aromatic carbocycles. The molecule has 0 saturated carbocycles. The first-order valence-corrected chi connectivity index (χ1v) is 9.98. The van der Waals surface area contributed by atoms with Gasteiger partial charge in [0, 0.05) is 51.3 Å². The molecule has 1 fully saturated rings. The van der Waals surface area contributed by atoms with Crippen LogP contribution in [0.5, 0.6) is 0 Å². The molecule has 1 N–H and O–H groups in total. The smallest absolute Gasteiger partial charge is 0.255 e. The highest BCUT2D eigenvalue weighted by Gasteiger charge is 2.23. The summed E-state index contributed by atoms with van der Waals surface area (Å²) in [6, 6.07) is 18.1. The Kier molecular flexibility index (Phi) is 6.00. The second-order valence-electron chi connectivity index (χ2n) is 7.09. The van der Waals surface area contributed by atoms with Crippen molar-refractivity contribution < 1.29 is 4.79 Å². The van der Waals surface area contributed by atoms with E-state index in [1.54, 1.807) is 18.6 Å². The first-order valence-electron chi connectivity index (χ1n) is 9.98. The summed E-state index contributed by atoms with van der Waals surface area (Å²) in [4.78, 5) is 25.7. The molecule has 1 saturated heterocycles. The number of piperazine rings is 1. The third-order valence-electron chi connectivity index (χ3n) is 5.11. The Hall–Kier alpha value is -3.41. The summed E-state index contributed by atoms with van der Waals surface area (Å²) < 4.78 is 0. The Balaban J connectivity index is 1.31. The second kappa shape index (κ2) is 9.19. The summed E-state index contributed by atoms with van der Waals surface area (Å²) in [5.41, 5.74) is 2.78. The van der Waals surface area contributed by atoms with Crippen molar-refractivity contribution in [1.29, 1.82) is 0 Å². The minimum absolute atomic E-state index is 0.0323. The largest absolute Gasteiger partial charge is 0.383 e. The lowest BCUT2D eigenvalue weighted by molar-refractivity contribution is 0.0746. The van der Waals surface area contributed by atoms with Crippen LogP contribution in [0.3, 0.4) is 0 Å². The number of nitrogens with one attached hydrogen (secondary N) is 1. The molecule has 0 atom stereocenters. The summed E-state index contributed by atoms with van der Waals surface area (Å²) in [5, 5.41) is 3.37. The Labute approximate surface area is 171 Å². The van der Waals surface area contributed by atoms with Crippen molar-refractivity contribution in [3.8, 4) is 0 Å². The fourth-order valence-corrected chi connectivity index (χ4v) is 3.51. The Morgan fingerprint density at radius 1 is 0.966 bits per heavy atom. The van der Waals surface area contributed by atoms with Gasteiger partial charge < -0.3 is 15.1 Å². The fraction of sp³-hybridized carbons (Fsp3) is 0.261. The van der Waals surface area contributed by atoms with Crippen LogP contribution in [-0.2, 0) is 6.42 Å². The zero-order chi connectivity index (χ0) is 19.9. The zero-order valence-electron chi connectivity index (χ0n) is 16.4. The molecule has 3 aromatic rings. The van der Waals surface area contributed by atoms with E-state index in [1.165, 1.54) is 5.56 Å². The van der Waals surface area contributed by atoms with Crippen molar-refractivity contribution in [2.24, 2.45) is 0 Å². The van der Waals surface area contributed by atoms with E-state index in [2.05, 4.69) is 32.3 Å². The van der Waals surface area contributed by atoms with Crippen molar-refractivity contribution in [3.63, 3.8) is 0 Å². The van der Waals surface area contributed by atoms with E-state index < -0.39 is 0 Å². The fourth-order valence-electron chi connectivity index (χ4n) is 3.51. The van der Waals surface area contributed by atoms with Gasteiger partial charge in [0.25, 0.3) is 5.91 Å². The quantitative estimate of drug-likeness (QED) is 0.704.